The molecular formula is C20H22F2N2O5. The minimum Gasteiger partial charge on any atom is -0.497 e. The number of ether oxygens (including phenoxy) is 3. The van der Waals surface area contributed by atoms with Crippen molar-refractivity contribution in [2.45, 2.75) is 20.0 Å². The molecule has 2 aromatic rings. The Balaban J connectivity index is 2.12. The predicted molar refractivity (Wildman–Crippen MR) is 103 cm³/mol. The van der Waals surface area contributed by atoms with Crippen molar-refractivity contribution in [1.29, 1.82) is 0 Å². The summed E-state index contributed by atoms with van der Waals surface area (Å²) in [6.07, 6.45) is -0.581. The van der Waals surface area contributed by atoms with Crippen LogP contribution in [0.2, 0.25) is 0 Å². The zero-order valence-corrected chi connectivity index (χ0v) is 16.0. The van der Waals surface area contributed by atoms with Gasteiger partial charge in [-0.25, -0.2) is 4.79 Å². The monoisotopic (exact) mass is 408 g/mol. The van der Waals surface area contributed by atoms with E-state index in [1.54, 1.807) is 31.2 Å². The van der Waals surface area contributed by atoms with E-state index in [-0.39, 0.29) is 31.2 Å². The summed E-state index contributed by atoms with van der Waals surface area (Å²) in [6.45, 7) is -0.975. The van der Waals surface area contributed by atoms with Crippen LogP contribution >= 0.6 is 0 Å². The lowest BCUT2D eigenvalue weighted by atomic mass is 10.0. The van der Waals surface area contributed by atoms with Crippen LogP contribution in [0, 0.1) is 0 Å². The highest BCUT2D eigenvalue weighted by molar-refractivity contribution is 5.92. The Morgan fingerprint density at radius 1 is 1.10 bits per heavy atom. The number of benzene rings is 2. The average molecular weight is 408 g/mol. The van der Waals surface area contributed by atoms with Gasteiger partial charge in [-0.2, -0.15) is 8.78 Å². The van der Waals surface area contributed by atoms with Gasteiger partial charge >= 0.3 is 12.7 Å². The molecule has 0 aliphatic carbocycles. The maximum absolute atomic E-state index is 12.7. The maximum atomic E-state index is 12.7. The molecule has 29 heavy (non-hydrogen) atoms. The summed E-state index contributed by atoms with van der Waals surface area (Å²) < 4.78 is 39.9. The Bertz CT molecular complexity index is 828. The second kappa shape index (κ2) is 10.8. The molecule has 2 amide bonds. The van der Waals surface area contributed by atoms with Gasteiger partial charge in [0, 0.05) is 24.2 Å². The van der Waals surface area contributed by atoms with Gasteiger partial charge in [-0.1, -0.05) is 12.1 Å². The van der Waals surface area contributed by atoms with Crippen molar-refractivity contribution in [3.8, 4) is 22.6 Å². The van der Waals surface area contributed by atoms with Crippen LogP contribution in [-0.2, 0) is 9.53 Å². The molecule has 0 bridgehead atoms. The minimum absolute atomic E-state index is 0.0198. The number of alkyl halides is 2. The van der Waals surface area contributed by atoms with Crippen LogP contribution in [0.15, 0.2) is 42.5 Å². The number of nitrogens with one attached hydrogen (secondary N) is 2. The predicted octanol–water partition coefficient (Wildman–Crippen LogP) is 4.04. The summed E-state index contributed by atoms with van der Waals surface area (Å²) in [6, 6.07) is 11.1. The summed E-state index contributed by atoms with van der Waals surface area (Å²) in [5, 5.41) is 5.10. The van der Waals surface area contributed by atoms with E-state index in [0.717, 1.165) is 0 Å². The largest absolute Gasteiger partial charge is 0.497 e. The number of amides is 2. The molecular weight excluding hydrogens is 386 g/mol. The van der Waals surface area contributed by atoms with Gasteiger partial charge < -0.3 is 24.8 Å². The Kier molecular flexibility index (Phi) is 8.20. The SMILES string of the molecule is CCOC(=O)NCCC(=O)Nc1ccc(OC(F)F)c(-c2ccc(OC)cc2)c1. The molecule has 9 heteroatoms. The van der Waals surface area contributed by atoms with Crippen molar-refractivity contribution >= 4 is 17.7 Å². The normalized spacial score (nSPS) is 10.4. The van der Waals surface area contributed by atoms with E-state index in [2.05, 4.69) is 15.4 Å². The molecule has 7 nitrogen and oxygen atoms in total. The third-order valence-electron chi connectivity index (χ3n) is 3.78. The summed E-state index contributed by atoms with van der Waals surface area (Å²) in [5.41, 5.74) is 1.40. The third-order valence-corrected chi connectivity index (χ3v) is 3.78. The number of methoxy groups -OCH3 is 1. The van der Waals surface area contributed by atoms with E-state index in [9.17, 15) is 18.4 Å². The molecule has 0 heterocycles. The fraction of sp³-hybridized carbons (Fsp3) is 0.300. The molecule has 0 unspecified atom stereocenters. The lowest BCUT2D eigenvalue weighted by molar-refractivity contribution is -0.116. The topological polar surface area (TPSA) is 85.9 Å². The molecule has 0 aromatic heterocycles. The smallest absolute Gasteiger partial charge is 0.407 e. The first-order valence-electron chi connectivity index (χ1n) is 8.86. The second-order valence-corrected chi connectivity index (χ2v) is 5.76. The number of hydrogen-bond donors (Lipinski definition) is 2. The summed E-state index contributed by atoms with van der Waals surface area (Å²) in [5.74, 6) is 0.237. The minimum atomic E-state index is -2.98. The van der Waals surface area contributed by atoms with Crippen LogP contribution in [0.25, 0.3) is 11.1 Å². The van der Waals surface area contributed by atoms with Crippen LogP contribution in [0.5, 0.6) is 11.5 Å². The molecule has 156 valence electrons. The highest BCUT2D eigenvalue weighted by Gasteiger charge is 2.14. The standard InChI is InChI=1S/C20H22F2N2O5/c1-3-28-20(26)23-11-10-18(25)24-14-6-9-17(29-19(21)22)16(12-14)13-4-7-15(27-2)8-5-13/h4-9,12,19H,3,10-11H2,1-2H3,(H,23,26)(H,24,25). The van der Waals surface area contributed by atoms with Crippen molar-refractivity contribution in [2.75, 3.05) is 25.6 Å². The van der Waals surface area contributed by atoms with Crippen molar-refractivity contribution in [3.63, 3.8) is 0 Å². The van der Waals surface area contributed by atoms with Gasteiger partial charge in [-0.15, -0.1) is 0 Å². The molecule has 0 atom stereocenters. The van der Waals surface area contributed by atoms with E-state index in [1.165, 1.54) is 25.3 Å². The highest BCUT2D eigenvalue weighted by Crippen LogP contribution is 2.34. The van der Waals surface area contributed by atoms with Crippen LogP contribution in [0.4, 0.5) is 19.3 Å². The maximum Gasteiger partial charge on any atom is 0.407 e. The summed E-state index contributed by atoms with van der Waals surface area (Å²) >= 11 is 0. The molecule has 0 saturated carbocycles. The zero-order chi connectivity index (χ0) is 21.2. The molecule has 0 spiro atoms. The van der Waals surface area contributed by atoms with Crippen molar-refractivity contribution < 1.29 is 32.6 Å². The van der Waals surface area contributed by atoms with Crippen molar-refractivity contribution in [1.82, 2.24) is 5.32 Å². The number of rotatable bonds is 9. The Labute approximate surface area is 167 Å². The number of anilines is 1. The molecule has 2 N–H and O–H groups in total. The Morgan fingerprint density at radius 2 is 1.83 bits per heavy atom. The van der Waals surface area contributed by atoms with Gasteiger partial charge in [0.15, 0.2) is 0 Å². The molecule has 2 aromatic carbocycles. The zero-order valence-electron chi connectivity index (χ0n) is 16.0. The first kappa shape index (κ1) is 21.9. The highest BCUT2D eigenvalue weighted by atomic mass is 19.3. The van der Waals surface area contributed by atoms with Crippen LogP contribution < -0.4 is 20.1 Å². The second-order valence-electron chi connectivity index (χ2n) is 5.76. The number of hydrogen-bond acceptors (Lipinski definition) is 5. The summed E-state index contributed by atoms with van der Waals surface area (Å²) in [7, 11) is 1.52. The lowest BCUT2D eigenvalue weighted by Gasteiger charge is -2.14. The molecule has 0 saturated heterocycles. The van der Waals surface area contributed by atoms with Gasteiger partial charge in [-0.05, 0) is 42.8 Å². The third kappa shape index (κ3) is 6.95. The molecule has 0 aliphatic heterocycles. The molecule has 0 aliphatic rings. The van der Waals surface area contributed by atoms with E-state index >= 15 is 0 Å². The van der Waals surface area contributed by atoms with E-state index in [0.29, 0.717) is 22.6 Å². The first-order valence-corrected chi connectivity index (χ1v) is 8.86. The van der Waals surface area contributed by atoms with Gasteiger partial charge in [0.2, 0.25) is 5.91 Å². The van der Waals surface area contributed by atoms with E-state index < -0.39 is 12.7 Å². The van der Waals surface area contributed by atoms with Gasteiger partial charge in [0.05, 0.1) is 13.7 Å². The molecule has 0 fully saturated rings. The van der Waals surface area contributed by atoms with Gasteiger partial charge in [-0.3, -0.25) is 4.79 Å². The Hall–Kier alpha value is -3.36. The molecule has 0 radical (unpaired) electrons. The average Bonchev–Trinajstić information content (AvgIpc) is 2.69. The quantitative estimate of drug-likeness (QED) is 0.654. The number of carbonyl (C=O) groups is 2. The van der Waals surface area contributed by atoms with Crippen molar-refractivity contribution in [3.05, 3.63) is 42.5 Å². The van der Waals surface area contributed by atoms with E-state index in [1.807, 2.05) is 0 Å². The van der Waals surface area contributed by atoms with Gasteiger partial charge in [0.25, 0.3) is 0 Å². The van der Waals surface area contributed by atoms with Crippen LogP contribution in [0.1, 0.15) is 13.3 Å². The fourth-order valence-corrected chi connectivity index (χ4v) is 2.49. The van der Waals surface area contributed by atoms with Crippen molar-refractivity contribution in [2.24, 2.45) is 0 Å². The lowest BCUT2D eigenvalue weighted by Crippen LogP contribution is -2.28. The van der Waals surface area contributed by atoms with Gasteiger partial charge in [0.1, 0.15) is 11.5 Å². The molecule has 2 rings (SSSR count). The van der Waals surface area contributed by atoms with Crippen LogP contribution in [0.3, 0.4) is 0 Å². The van der Waals surface area contributed by atoms with E-state index in [4.69, 9.17) is 9.47 Å². The first-order chi connectivity index (χ1) is 13.9. The van der Waals surface area contributed by atoms with Crippen LogP contribution in [-0.4, -0.2) is 38.9 Å². The fourth-order valence-electron chi connectivity index (χ4n) is 2.49. The Morgan fingerprint density at radius 3 is 2.45 bits per heavy atom. The number of halogens is 2. The number of alkyl carbamates (subject to hydrolysis) is 1. The summed E-state index contributed by atoms with van der Waals surface area (Å²) in [4.78, 5) is 23.3. The number of carbonyl (C=O) groups excluding carboxylic acids is 2.